The van der Waals surface area contributed by atoms with E-state index in [0.717, 1.165) is 12.3 Å². The highest BCUT2D eigenvalue weighted by molar-refractivity contribution is 5.94. The summed E-state index contributed by atoms with van der Waals surface area (Å²) in [6, 6.07) is -0.329. The standard InChI is InChI=1S/C23H34F2N4O9/c1-11(2)10-36-20(33)12(26-22(35)38-23(3,4)5)8-15(31)27-14-6-7-29(21(34)28-14)19-17(25)16(24)18(32)13(9-30)37-19/h6-7,11-13,16-19,30,32H,8-10H2,1-5H3,(H,26,35)(H,27,28,31,34)/t12?,13-,16-,17?,18+,19-/m1/s1. The van der Waals surface area contributed by atoms with Gasteiger partial charge in [0.05, 0.1) is 19.6 Å². The van der Waals surface area contributed by atoms with E-state index < -0.39 is 79.1 Å². The van der Waals surface area contributed by atoms with Crippen LogP contribution in [0.5, 0.6) is 0 Å². The lowest BCUT2D eigenvalue weighted by atomic mass is 10.0. The van der Waals surface area contributed by atoms with Crippen LogP contribution >= 0.6 is 0 Å². The van der Waals surface area contributed by atoms with Crippen LogP contribution in [0, 0.1) is 5.92 Å². The number of alkyl halides is 2. The van der Waals surface area contributed by atoms with E-state index in [9.17, 15) is 38.2 Å². The number of aliphatic hydroxyl groups is 2. The van der Waals surface area contributed by atoms with E-state index in [1.165, 1.54) is 0 Å². The Morgan fingerprint density at radius 1 is 1.24 bits per heavy atom. The molecule has 1 aromatic heterocycles. The van der Waals surface area contributed by atoms with Crippen molar-refractivity contribution in [3.8, 4) is 0 Å². The SMILES string of the molecule is CC(C)COC(=O)C(CC(=O)Nc1ccn([C@@H]2O[C@H](CO)[C@H](O)[C@H](F)C2F)c(=O)n1)NC(=O)OC(C)(C)C. The Kier molecular flexibility index (Phi) is 10.7. The number of nitrogens with one attached hydrogen (secondary N) is 2. The molecule has 4 N–H and O–H groups in total. The lowest BCUT2D eigenvalue weighted by molar-refractivity contribution is -0.220. The molecule has 1 aliphatic rings. The van der Waals surface area contributed by atoms with E-state index in [2.05, 4.69) is 15.6 Å². The lowest BCUT2D eigenvalue weighted by Gasteiger charge is -2.38. The van der Waals surface area contributed by atoms with Gasteiger partial charge in [0.15, 0.2) is 18.6 Å². The largest absolute Gasteiger partial charge is 0.464 e. The topological polar surface area (TPSA) is 178 Å². The zero-order valence-electron chi connectivity index (χ0n) is 21.7. The lowest BCUT2D eigenvalue weighted by Crippen LogP contribution is -2.54. The molecule has 1 aliphatic heterocycles. The molecule has 0 aromatic carbocycles. The van der Waals surface area contributed by atoms with Gasteiger partial charge in [-0.05, 0) is 32.8 Å². The van der Waals surface area contributed by atoms with E-state index in [-0.39, 0.29) is 18.3 Å². The number of anilines is 1. The first-order valence-corrected chi connectivity index (χ1v) is 11.9. The van der Waals surface area contributed by atoms with Crippen LogP contribution < -0.4 is 16.3 Å². The number of amides is 2. The van der Waals surface area contributed by atoms with Gasteiger partial charge >= 0.3 is 17.8 Å². The van der Waals surface area contributed by atoms with Gasteiger partial charge in [-0.15, -0.1) is 0 Å². The van der Waals surface area contributed by atoms with Gasteiger partial charge in [-0.25, -0.2) is 23.2 Å². The van der Waals surface area contributed by atoms with E-state index in [1.807, 2.05) is 0 Å². The molecule has 0 radical (unpaired) electrons. The fraction of sp³-hybridized carbons (Fsp3) is 0.696. The maximum Gasteiger partial charge on any atom is 0.408 e. The second-order valence-corrected chi connectivity index (χ2v) is 10.1. The first-order valence-electron chi connectivity index (χ1n) is 11.9. The number of ether oxygens (including phenoxy) is 3. The van der Waals surface area contributed by atoms with Crippen molar-refractivity contribution in [3.05, 3.63) is 22.7 Å². The van der Waals surface area contributed by atoms with Crippen LogP contribution in [0.3, 0.4) is 0 Å². The summed E-state index contributed by atoms with van der Waals surface area (Å²) >= 11 is 0. The minimum Gasteiger partial charge on any atom is -0.464 e. The Morgan fingerprint density at radius 3 is 2.45 bits per heavy atom. The first-order chi connectivity index (χ1) is 17.6. The van der Waals surface area contributed by atoms with Crippen LogP contribution in [0.4, 0.5) is 19.4 Å². The van der Waals surface area contributed by atoms with Crippen molar-refractivity contribution in [2.24, 2.45) is 5.92 Å². The van der Waals surface area contributed by atoms with E-state index >= 15 is 0 Å². The molecule has 0 aliphatic carbocycles. The molecule has 15 heteroatoms. The Balaban J connectivity index is 2.13. The Labute approximate surface area is 217 Å². The third-order valence-electron chi connectivity index (χ3n) is 5.07. The average Bonchev–Trinajstić information content (AvgIpc) is 2.80. The molecule has 2 rings (SSSR count). The van der Waals surface area contributed by atoms with Crippen LogP contribution in [0.1, 0.15) is 47.3 Å². The number of nitrogens with zero attached hydrogens (tertiary/aromatic N) is 2. The molecule has 38 heavy (non-hydrogen) atoms. The van der Waals surface area contributed by atoms with E-state index in [4.69, 9.17) is 14.2 Å². The molecule has 2 amide bonds. The van der Waals surface area contributed by atoms with Crippen molar-refractivity contribution in [2.75, 3.05) is 18.5 Å². The minimum absolute atomic E-state index is 0.00805. The second-order valence-electron chi connectivity index (χ2n) is 10.1. The number of esters is 1. The van der Waals surface area contributed by atoms with Crippen LogP contribution in [-0.4, -0.2) is 87.1 Å². The van der Waals surface area contributed by atoms with Crippen LogP contribution in [-0.2, 0) is 23.8 Å². The molecule has 0 bridgehead atoms. The zero-order chi connectivity index (χ0) is 28.8. The van der Waals surface area contributed by atoms with Crippen LogP contribution in [0.25, 0.3) is 0 Å². The average molecular weight is 549 g/mol. The highest BCUT2D eigenvalue weighted by atomic mass is 19.2. The fourth-order valence-corrected chi connectivity index (χ4v) is 3.30. The number of rotatable bonds is 9. The van der Waals surface area contributed by atoms with Crippen molar-refractivity contribution in [1.29, 1.82) is 0 Å². The number of carbonyl (C=O) groups excluding carboxylic acids is 3. The van der Waals surface area contributed by atoms with Gasteiger partial charge in [0.1, 0.15) is 29.7 Å². The highest BCUT2D eigenvalue weighted by Crippen LogP contribution is 2.31. The smallest absolute Gasteiger partial charge is 0.408 e. The molecule has 13 nitrogen and oxygen atoms in total. The molecular weight excluding hydrogens is 514 g/mol. The molecule has 6 atom stereocenters. The third kappa shape index (κ3) is 8.70. The number of halogens is 2. The molecule has 1 saturated heterocycles. The van der Waals surface area contributed by atoms with Gasteiger partial charge in [-0.3, -0.25) is 9.36 Å². The van der Waals surface area contributed by atoms with Gasteiger partial charge in [-0.2, -0.15) is 4.98 Å². The molecule has 0 saturated carbocycles. The summed E-state index contributed by atoms with van der Waals surface area (Å²) in [4.78, 5) is 53.3. The van der Waals surface area contributed by atoms with Crippen LogP contribution in [0.15, 0.2) is 17.1 Å². The second kappa shape index (κ2) is 13.1. The minimum atomic E-state index is -2.44. The predicted octanol–water partition coefficient (Wildman–Crippen LogP) is 0.591. The number of hydrogen-bond donors (Lipinski definition) is 4. The first kappa shape index (κ1) is 31.1. The van der Waals surface area contributed by atoms with Crippen molar-refractivity contribution < 1.29 is 47.6 Å². The summed E-state index contributed by atoms with van der Waals surface area (Å²) in [5.41, 5.74) is -2.00. The monoisotopic (exact) mass is 548 g/mol. The number of alkyl carbamates (subject to hydrolysis) is 1. The molecule has 1 fully saturated rings. The quantitative estimate of drug-likeness (QED) is 0.319. The van der Waals surface area contributed by atoms with Gasteiger partial charge in [0, 0.05) is 6.20 Å². The summed E-state index contributed by atoms with van der Waals surface area (Å²) in [5.74, 6) is -2.01. The van der Waals surface area contributed by atoms with Crippen molar-refractivity contribution >= 4 is 23.8 Å². The van der Waals surface area contributed by atoms with Gasteiger partial charge < -0.3 is 35.1 Å². The molecule has 2 unspecified atom stereocenters. The Morgan fingerprint density at radius 2 is 1.89 bits per heavy atom. The number of aromatic nitrogens is 2. The molecular formula is C23H34F2N4O9. The van der Waals surface area contributed by atoms with E-state index in [1.54, 1.807) is 34.6 Å². The third-order valence-corrected chi connectivity index (χ3v) is 5.07. The molecule has 1 aromatic rings. The summed E-state index contributed by atoms with van der Waals surface area (Å²) in [5, 5.41) is 23.4. The maximum absolute atomic E-state index is 14.4. The number of hydrogen-bond acceptors (Lipinski definition) is 10. The van der Waals surface area contributed by atoms with Crippen LogP contribution in [0.2, 0.25) is 0 Å². The number of carbonyl (C=O) groups is 3. The normalized spacial score (nSPS) is 24.4. The predicted molar refractivity (Wildman–Crippen MR) is 127 cm³/mol. The van der Waals surface area contributed by atoms with Gasteiger partial charge in [-0.1, -0.05) is 13.8 Å². The number of aliphatic hydroxyl groups excluding tert-OH is 2. The Bertz CT molecular complexity index is 1040. The van der Waals surface area contributed by atoms with Gasteiger partial charge in [0.25, 0.3) is 0 Å². The summed E-state index contributed by atoms with van der Waals surface area (Å²) in [6.07, 6.45) is -10.7. The maximum atomic E-state index is 14.4. The molecule has 0 spiro atoms. The Hall–Kier alpha value is -3.17. The summed E-state index contributed by atoms with van der Waals surface area (Å²) < 4.78 is 44.5. The van der Waals surface area contributed by atoms with Crippen molar-refractivity contribution in [2.45, 2.75) is 83.5 Å². The molecule has 2 heterocycles. The molecule has 214 valence electrons. The van der Waals surface area contributed by atoms with Crippen molar-refractivity contribution in [1.82, 2.24) is 14.9 Å². The van der Waals surface area contributed by atoms with Crippen molar-refractivity contribution in [3.63, 3.8) is 0 Å². The van der Waals surface area contributed by atoms with Gasteiger partial charge in [0.2, 0.25) is 5.91 Å². The fourth-order valence-electron chi connectivity index (χ4n) is 3.30. The van der Waals surface area contributed by atoms with E-state index in [0.29, 0.717) is 4.57 Å². The highest BCUT2D eigenvalue weighted by Gasteiger charge is 2.47. The summed E-state index contributed by atoms with van der Waals surface area (Å²) in [7, 11) is 0. The summed E-state index contributed by atoms with van der Waals surface area (Å²) in [6.45, 7) is 7.66. The zero-order valence-corrected chi connectivity index (χ0v) is 21.7.